The van der Waals surface area contributed by atoms with Gasteiger partial charge in [0.15, 0.2) is 5.82 Å². The van der Waals surface area contributed by atoms with E-state index in [2.05, 4.69) is 39.1 Å². The van der Waals surface area contributed by atoms with Crippen LogP contribution in [0.5, 0.6) is 0 Å². The minimum absolute atomic E-state index is 0.662. The molecule has 0 aromatic carbocycles. The van der Waals surface area contributed by atoms with Crippen LogP contribution in [0.4, 0.5) is 5.82 Å². The van der Waals surface area contributed by atoms with Gasteiger partial charge in [0, 0.05) is 16.9 Å². The molecule has 90 valence electrons. The lowest BCUT2D eigenvalue weighted by Gasteiger charge is -1.93. The first-order valence-electron chi connectivity index (χ1n) is 5.37. The molecule has 1 aromatic rings. The molecule has 0 unspecified atom stereocenters. The van der Waals surface area contributed by atoms with Crippen LogP contribution in [0.25, 0.3) is 0 Å². The third-order valence-corrected chi connectivity index (χ3v) is 2.07. The molecule has 17 heavy (non-hydrogen) atoms. The maximum absolute atomic E-state index is 4.19. The highest BCUT2D eigenvalue weighted by atomic mass is 79.9. The van der Waals surface area contributed by atoms with Gasteiger partial charge in [0.2, 0.25) is 0 Å². The van der Waals surface area contributed by atoms with Gasteiger partial charge in [0.05, 0.1) is 0 Å². The Balaban J connectivity index is 0.00000121. The molecule has 1 heterocycles. The average Bonchev–Trinajstić information content (AvgIpc) is 2.39. The van der Waals surface area contributed by atoms with Crippen molar-refractivity contribution in [1.29, 1.82) is 0 Å². The highest BCUT2D eigenvalue weighted by Gasteiger charge is 1.90. The second kappa shape index (κ2) is 9.73. The van der Waals surface area contributed by atoms with Gasteiger partial charge in [-0.25, -0.2) is 9.98 Å². The number of hydrogen-bond acceptors (Lipinski definition) is 2. The quantitative estimate of drug-likeness (QED) is 0.574. The van der Waals surface area contributed by atoms with Gasteiger partial charge >= 0.3 is 0 Å². The molecule has 3 heteroatoms. The number of rotatable bonds is 4. The number of aromatic nitrogens is 1. The van der Waals surface area contributed by atoms with Gasteiger partial charge in [-0.1, -0.05) is 45.2 Å². The molecule has 0 spiro atoms. The maximum atomic E-state index is 4.19. The molecule has 0 N–H and O–H groups in total. The molecule has 0 saturated heterocycles. The molecule has 0 fully saturated rings. The van der Waals surface area contributed by atoms with Crippen molar-refractivity contribution in [2.75, 3.05) is 0 Å². The lowest BCUT2D eigenvalue weighted by atomic mass is 10.2. The zero-order valence-electron chi connectivity index (χ0n) is 10.2. The van der Waals surface area contributed by atoms with Gasteiger partial charge in [-0.15, -0.1) is 0 Å². The fourth-order valence-corrected chi connectivity index (χ4v) is 1.12. The van der Waals surface area contributed by atoms with Crippen LogP contribution in [0, 0.1) is 0 Å². The molecular formula is C14H17BrN2. The molecular weight excluding hydrogens is 276 g/mol. The van der Waals surface area contributed by atoms with Crippen molar-refractivity contribution < 1.29 is 0 Å². The summed E-state index contributed by atoms with van der Waals surface area (Å²) >= 11 is 3.31. The molecule has 1 aromatic heterocycles. The molecule has 0 aliphatic heterocycles. The highest BCUT2D eigenvalue weighted by Crippen LogP contribution is 2.12. The van der Waals surface area contributed by atoms with E-state index in [0.717, 1.165) is 10.0 Å². The van der Waals surface area contributed by atoms with Crippen molar-refractivity contribution >= 4 is 28.0 Å². The lowest BCUT2D eigenvalue weighted by molar-refractivity contribution is 1.26. The van der Waals surface area contributed by atoms with E-state index in [0.29, 0.717) is 5.82 Å². The van der Waals surface area contributed by atoms with Crippen molar-refractivity contribution in [2.45, 2.75) is 13.8 Å². The summed E-state index contributed by atoms with van der Waals surface area (Å²) in [6, 6.07) is 3.72. The molecule has 1 rings (SSSR count). The number of nitrogens with zero attached hydrogens (tertiary/aromatic N) is 2. The molecule has 0 aliphatic carbocycles. The fraction of sp³-hybridized carbons (Fsp3) is 0.143. The van der Waals surface area contributed by atoms with Crippen LogP contribution in [-0.4, -0.2) is 11.2 Å². The van der Waals surface area contributed by atoms with Crippen LogP contribution in [-0.2, 0) is 0 Å². The van der Waals surface area contributed by atoms with Crippen molar-refractivity contribution in [3.05, 3.63) is 59.8 Å². The first kappa shape index (κ1) is 15.5. The molecule has 0 atom stereocenters. The predicted molar refractivity (Wildman–Crippen MR) is 79.9 cm³/mol. The smallest absolute Gasteiger partial charge is 0.151 e. The minimum atomic E-state index is 0.662. The Morgan fingerprint density at radius 2 is 2.06 bits per heavy atom. The first-order valence-corrected chi connectivity index (χ1v) is 6.16. The predicted octanol–water partition coefficient (Wildman–Crippen LogP) is 4.87. The van der Waals surface area contributed by atoms with E-state index < -0.39 is 0 Å². The first-order chi connectivity index (χ1) is 8.26. The van der Waals surface area contributed by atoms with Gasteiger partial charge < -0.3 is 0 Å². The van der Waals surface area contributed by atoms with Crippen molar-refractivity contribution in [3.8, 4) is 0 Å². The summed E-state index contributed by atoms with van der Waals surface area (Å²) in [6.07, 6.45) is 8.64. The van der Waals surface area contributed by atoms with Gasteiger partial charge in [0.1, 0.15) is 0 Å². The second-order valence-corrected chi connectivity index (χ2v) is 3.61. The van der Waals surface area contributed by atoms with E-state index in [-0.39, 0.29) is 0 Å². The number of aliphatic imine (C=N–C) groups is 1. The fourth-order valence-electron chi connectivity index (χ4n) is 0.885. The molecule has 0 aliphatic rings. The van der Waals surface area contributed by atoms with Gasteiger partial charge in [-0.05, 0) is 33.6 Å². The summed E-state index contributed by atoms with van der Waals surface area (Å²) in [7, 11) is 0. The Hall–Kier alpha value is -1.48. The number of allylic oxidation sites excluding steroid dienone is 4. The third-order valence-electron chi connectivity index (χ3n) is 1.60. The largest absolute Gasteiger partial charge is 0.237 e. The van der Waals surface area contributed by atoms with Crippen LogP contribution in [0.15, 0.2) is 64.8 Å². The van der Waals surface area contributed by atoms with Crippen LogP contribution < -0.4 is 0 Å². The van der Waals surface area contributed by atoms with Crippen molar-refractivity contribution in [2.24, 2.45) is 4.99 Å². The van der Waals surface area contributed by atoms with Crippen molar-refractivity contribution in [3.63, 3.8) is 0 Å². The SMILES string of the molecule is C=C/C=C(\C=C)C=Nc1ccc(Br)cn1.CC. The Morgan fingerprint density at radius 3 is 2.53 bits per heavy atom. The van der Waals surface area contributed by atoms with E-state index in [4.69, 9.17) is 0 Å². The number of halogens is 1. The number of hydrogen-bond donors (Lipinski definition) is 0. The number of pyridine rings is 1. The monoisotopic (exact) mass is 292 g/mol. The Morgan fingerprint density at radius 1 is 1.35 bits per heavy atom. The molecule has 0 radical (unpaired) electrons. The van der Waals surface area contributed by atoms with Crippen LogP contribution in [0.3, 0.4) is 0 Å². The van der Waals surface area contributed by atoms with E-state index >= 15 is 0 Å². The van der Waals surface area contributed by atoms with E-state index in [1.165, 1.54) is 0 Å². The summed E-state index contributed by atoms with van der Waals surface area (Å²) < 4.78 is 0.937. The van der Waals surface area contributed by atoms with E-state index in [1.807, 2.05) is 32.1 Å². The normalized spacial score (nSPS) is 10.6. The summed E-state index contributed by atoms with van der Waals surface area (Å²) in [5.41, 5.74) is 0.898. The Kier molecular flexibility index (Phi) is 8.88. The topological polar surface area (TPSA) is 25.2 Å². The van der Waals surface area contributed by atoms with Crippen LogP contribution in [0.1, 0.15) is 13.8 Å². The van der Waals surface area contributed by atoms with Gasteiger partial charge in [-0.3, -0.25) is 0 Å². The average molecular weight is 293 g/mol. The Bertz CT molecular complexity index is 403. The third kappa shape index (κ3) is 6.64. The molecule has 2 nitrogen and oxygen atoms in total. The zero-order chi connectivity index (χ0) is 13.1. The molecule has 0 amide bonds. The Labute approximate surface area is 112 Å². The lowest BCUT2D eigenvalue weighted by Crippen LogP contribution is -1.79. The van der Waals surface area contributed by atoms with E-state index in [9.17, 15) is 0 Å². The highest BCUT2D eigenvalue weighted by molar-refractivity contribution is 9.10. The van der Waals surface area contributed by atoms with Crippen LogP contribution in [0.2, 0.25) is 0 Å². The second-order valence-electron chi connectivity index (χ2n) is 2.70. The minimum Gasteiger partial charge on any atom is -0.237 e. The van der Waals surface area contributed by atoms with Crippen molar-refractivity contribution in [1.82, 2.24) is 4.98 Å². The maximum Gasteiger partial charge on any atom is 0.151 e. The summed E-state index contributed by atoms with van der Waals surface area (Å²) in [5.74, 6) is 0.662. The van der Waals surface area contributed by atoms with Gasteiger partial charge in [-0.2, -0.15) is 0 Å². The standard InChI is InChI=1S/C12H11BrN2.C2H6/c1-3-5-10(4-2)8-14-12-7-6-11(13)9-15-12;1-2/h3-9H,1-2H2;1-2H3/b10-5+,14-8?;. The summed E-state index contributed by atoms with van der Waals surface area (Å²) in [5, 5.41) is 0. The summed E-state index contributed by atoms with van der Waals surface area (Å²) in [6.45, 7) is 11.3. The van der Waals surface area contributed by atoms with Gasteiger partial charge in [0.25, 0.3) is 0 Å². The molecule has 0 saturated carbocycles. The summed E-state index contributed by atoms with van der Waals surface area (Å²) in [4.78, 5) is 8.31. The van der Waals surface area contributed by atoms with E-state index in [1.54, 1.807) is 24.6 Å². The zero-order valence-corrected chi connectivity index (χ0v) is 11.8. The van der Waals surface area contributed by atoms with Crippen LogP contribution >= 0.6 is 15.9 Å². The molecule has 0 bridgehead atoms.